The summed E-state index contributed by atoms with van der Waals surface area (Å²) >= 11 is 6.29. The highest BCUT2D eigenvalue weighted by Crippen LogP contribution is 2.37. The molecule has 0 amide bonds. The molecule has 1 unspecified atom stereocenters. The maximum atomic E-state index is 12.2. The van der Waals surface area contributed by atoms with E-state index < -0.39 is 88.7 Å². The fourth-order valence-electron chi connectivity index (χ4n) is 3.66. The lowest BCUT2D eigenvalue weighted by atomic mass is 9.97. The van der Waals surface area contributed by atoms with Crippen molar-refractivity contribution < 1.29 is 48.3 Å². The van der Waals surface area contributed by atoms with E-state index in [9.17, 15) is 19.2 Å². The van der Waals surface area contributed by atoms with Crippen molar-refractivity contribution >= 4 is 46.4 Å². The first-order chi connectivity index (χ1) is 17.7. The van der Waals surface area contributed by atoms with E-state index in [4.69, 9.17) is 40.8 Å². The molecule has 1 saturated heterocycles. The highest BCUT2D eigenvalue weighted by molar-refractivity contribution is 6.35. The maximum Gasteiger partial charge on any atom is 0.303 e. The number of benzene rings is 1. The van der Waals surface area contributed by atoms with Crippen LogP contribution in [0.2, 0.25) is 5.02 Å². The van der Waals surface area contributed by atoms with Crippen molar-refractivity contribution in [2.45, 2.75) is 58.2 Å². The van der Waals surface area contributed by atoms with E-state index >= 15 is 0 Å². The van der Waals surface area contributed by atoms with E-state index in [0.29, 0.717) is 15.9 Å². The second-order valence-electron chi connectivity index (χ2n) is 7.01. The molecular formula is C22H24ClNO9. The van der Waals surface area contributed by atoms with Crippen molar-refractivity contribution in [1.82, 2.24) is 4.57 Å². The number of carbonyl (C=O) groups is 4. The molecule has 10 nitrogen and oxygen atoms in total. The highest BCUT2D eigenvalue weighted by Gasteiger charge is 2.53. The minimum absolute atomic E-state index is 0.409. The van der Waals surface area contributed by atoms with E-state index in [-0.39, 0.29) is 0 Å². The van der Waals surface area contributed by atoms with Crippen LogP contribution in [0.4, 0.5) is 0 Å². The van der Waals surface area contributed by atoms with E-state index in [1.54, 1.807) is 30.5 Å². The highest BCUT2D eigenvalue weighted by atomic mass is 35.5. The lowest BCUT2D eigenvalue weighted by Crippen LogP contribution is -2.60. The Morgan fingerprint density at radius 3 is 2.24 bits per heavy atom. The SMILES string of the molecule is [2H]CC(=O)OC[C@H]1OC(n2ccc3c(Cl)cccc32)[C@H](OC(=O)C[2H])[C@@H](OC(=O)C[2H])[C@@H]1OC(=O)C[2H]. The zero-order chi connectivity index (χ0) is 27.1. The van der Waals surface area contributed by atoms with Gasteiger partial charge in [0.2, 0.25) is 0 Å². The molecule has 0 saturated carbocycles. The van der Waals surface area contributed by atoms with Crippen molar-refractivity contribution in [3.05, 3.63) is 35.5 Å². The quantitative estimate of drug-likeness (QED) is 0.449. The normalized spacial score (nSPS) is 26.3. The average molecular weight is 486 g/mol. The Balaban J connectivity index is 2.14. The summed E-state index contributed by atoms with van der Waals surface area (Å²) in [7, 11) is 0. The van der Waals surface area contributed by atoms with Crippen molar-refractivity contribution in [1.29, 1.82) is 0 Å². The molecule has 33 heavy (non-hydrogen) atoms. The number of fused-ring (bicyclic) bond motifs is 1. The van der Waals surface area contributed by atoms with Crippen LogP contribution in [0.25, 0.3) is 10.9 Å². The molecule has 5 atom stereocenters. The van der Waals surface area contributed by atoms with E-state index in [2.05, 4.69) is 0 Å². The number of aromatic nitrogens is 1. The van der Waals surface area contributed by atoms with Gasteiger partial charge in [-0.2, -0.15) is 0 Å². The number of hydrogen-bond donors (Lipinski definition) is 0. The molecule has 1 fully saturated rings. The maximum absolute atomic E-state index is 12.2. The van der Waals surface area contributed by atoms with Crippen molar-refractivity contribution in [3.63, 3.8) is 0 Å². The monoisotopic (exact) mass is 485 g/mol. The van der Waals surface area contributed by atoms with Gasteiger partial charge in [0, 0.05) is 49.7 Å². The summed E-state index contributed by atoms with van der Waals surface area (Å²) in [4.78, 5) is 48.2. The Bertz CT molecular complexity index is 1150. The topological polar surface area (TPSA) is 119 Å². The van der Waals surface area contributed by atoms with Crippen LogP contribution in [0.15, 0.2) is 30.5 Å². The molecule has 0 N–H and O–H groups in total. The van der Waals surface area contributed by atoms with Gasteiger partial charge in [0.1, 0.15) is 12.7 Å². The number of halogens is 1. The molecule has 1 aromatic carbocycles. The van der Waals surface area contributed by atoms with Crippen LogP contribution in [0, 0.1) is 0 Å². The van der Waals surface area contributed by atoms with E-state index in [1.807, 2.05) is 0 Å². The van der Waals surface area contributed by atoms with E-state index in [1.165, 1.54) is 4.57 Å². The first kappa shape index (κ1) is 19.4. The molecule has 0 spiro atoms. The number of ether oxygens (including phenoxy) is 5. The molecule has 2 aromatic rings. The van der Waals surface area contributed by atoms with Crippen LogP contribution in [0.5, 0.6) is 0 Å². The Morgan fingerprint density at radius 1 is 0.939 bits per heavy atom. The average Bonchev–Trinajstić information content (AvgIpc) is 3.34. The second kappa shape index (κ2) is 10.2. The predicted octanol–water partition coefficient (Wildman–Crippen LogP) is 2.55. The molecule has 178 valence electrons. The number of esters is 4. The molecule has 0 radical (unpaired) electrons. The van der Waals surface area contributed by atoms with E-state index in [0.717, 1.165) is 0 Å². The van der Waals surface area contributed by atoms with Crippen LogP contribution >= 0.6 is 11.6 Å². The van der Waals surface area contributed by atoms with Gasteiger partial charge in [0.15, 0.2) is 24.5 Å². The molecule has 0 aliphatic carbocycles. The molecule has 11 heteroatoms. The zero-order valence-electron chi connectivity index (χ0n) is 21.3. The summed E-state index contributed by atoms with van der Waals surface area (Å²) in [6.07, 6.45) is -5.59. The van der Waals surface area contributed by atoms with Gasteiger partial charge in [-0.25, -0.2) is 0 Å². The number of rotatable bonds is 6. The molecule has 2 heterocycles. The third-order valence-corrected chi connectivity index (χ3v) is 5.13. The summed E-state index contributed by atoms with van der Waals surface area (Å²) in [6, 6.07) is 6.68. The molecular weight excluding hydrogens is 458 g/mol. The van der Waals surface area contributed by atoms with Gasteiger partial charge in [-0.15, -0.1) is 0 Å². The summed E-state index contributed by atoms with van der Waals surface area (Å²) in [5, 5.41) is 1.02. The number of hydrogen-bond acceptors (Lipinski definition) is 9. The standard InChI is InChI=1S/C22H24ClNO9/c1-11(25)29-10-18-19(30-12(2)26)20(31-13(3)27)21(32-14(4)28)22(33-18)24-9-8-15-16(23)6-5-7-17(15)24/h5-9,18-22H,10H2,1-4H3/t18-,19-,20+,21-,22?/m1/s1/i1D,2D,3D,4D. The van der Waals surface area contributed by atoms with Gasteiger partial charge in [-0.05, 0) is 18.2 Å². The lowest BCUT2D eigenvalue weighted by molar-refractivity contribution is -0.267. The summed E-state index contributed by atoms with van der Waals surface area (Å²) < 4.78 is 58.0. The third kappa shape index (κ3) is 5.63. The Morgan fingerprint density at radius 2 is 1.58 bits per heavy atom. The first-order valence-corrected chi connectivity index (χ1v) is 9.93. The van der Waals surface area contributed by atoms with Crippen LogP contribution in [0.3, 0.4) is 0 Å². The summed E-state index contributed by atoms with van der Waals surface area (Å²) in [6.45, 7) is -3.66. The smallest absolute Gasteiger partial charge is 0.303 e. The van der Waals surface area contributed by atoms with Gasteiger partial charge in [0.05, 0.1) is 5.52 Å². The fraction of sp³-hybridized carbons (Fsp3) is 0.455. The lowest BCUT2D eigenvalue weighted by Gasteiger charge is -2.44. The van der Waals surface area contributed by atoms with Gasteiger partial charge in [-0.3, -0.25) is 19.2 Å². The van der Waals surface area contributed by atoms with Gasteiger partial charge in [-0.1, -0.05) is 17.7 Å². The molecule has 0 bridgehead atoms. The largest absolute Gasteiger partial charge is 0.463 e. The number of nitrogens with zero attached hydrogens (tertiary/aromatic N) is 1. The molecule has 1 aromatic heterocycles. The van der Waals surface area contributed by atoms with Crippen molar-refractivity contribution in [3.8, 4) is 0 Å². The Labute approximate surface area is 200 Å². The van der Waals surface area contributed by atoms with Gasteiger partial charge in [0.25, 0.3) is 0 Å². The Hall–Kier alpha value is -3.11. The van der Waals surface area contributed by atoms with Crippen molar-refractivity contribution in [2.75, 3.05) is 6.61 Å². The predicted molar refractivity (Wildman–Crippen MR) is 114 cm³/mol. The van der Waals surface area contributed by atoms with Gasteiger partial charge >= 0.3 is 23.9 Å². The first-order valence-electron chi connectivity index (χ1n) is 12.4. The van der Waals surface area contributed by atoms with Gasteiger partial charge < -0.3 is 28.3 Å². The minimum atomic E-state index is -1.57. The third-order valence-electron chi connectivity index (χ3n) is 4.80. The number of carbonyl (C=O) groups excluding carboxylic acids is 4. The molecule has 3 rings (SSSR count). The molecule has 1 aliphatic rings. The fourth-order valence-corrected chi connectivity index (χ4v) is 3.89. The Kier molecular flexibility index (Phi) is 6.00. The molecule has 1 aliphatic heterocycles. The summed E-state index contributed by atoms with van der Waals surface area (Å²) in [5.41, 5.74) is 0.526. The van der Waals surface area contributed by atoms with Crippen LogP contribution in [0.1, 0.15) is 39.3 Å². The summed E-state index contributed by atoms with van der Waals surface area (Å²) in [5.74, 6) is -4.01. The minimum Gasteiger partial charge on any atom is -0.463 e. The van der Waals surface area contributed by atoms with Crippen LogP contribution in [-0.4, -0.2) is 59.5 Å². The van der Waals surface area contributed by atoms with Crippen molar-refractivity contribution in [2.24, 2.45) is 0 Å². The zero-order valence-corrected chi connectivity index (χ0v) is 18.1. The van der Waals surface area contributed by atoms with Crippen LogP contribution in [-0.2, 0) is 42.9 Å². The van der Waals surface area contributed by atoms with Crippen LogP contribution < -0.4 is 0 Å². The second-order valence-corrected chi connectivity index (χ2v) is 7.41.